The summed E-state index contributed by atoms with van der Waals surface area (Å²) >= 11 is 0. The van der Waals surface area contributed by atoms with Crippen molar-refractivity contribution in [2.75, 3.05) is 6.61 Å². The summed E-state index contributed by atoms with van der Waals surface area (Å²) in [7, 11) is -0.194. The third-order valence-electron chi connectivity index (χ3n) is 8.48. The molecule has 1 aliphatic rings. The van der Waals surface area contributed by atoms with Gasteiger partial charge < -0.3 is 28.2 Å². The number of amides is 1. The number of ether oxygens (including phenoxy) is 2. The van der Waals surface area contributed by atoms with E-state index in [0.717, 1.165) is 31.2 Å². The molecule has 280 valence electrons. The molecule has 5 aromatic rings. The van der Waals surface area contributed by atoms with Crippen LogP contribution in [0.2, 0.25) is 0 Å². The summed E-state index contributed by atoms with van der Waals surface area (Å²) in [4.78, 5) is 15.2. The average Bonchev–Trinajstić information content (AvgIpc) is 4.04. The predicted molar refractivity (Wildman–Crippen MR) is 200 cm³/mol. The van der Waals surface area contributed by atoms with Gasteiger partial charge in [0.2, 0.25) is 0 Å². The fraction of sp³-hybridized carbons (Fsp3) is 0.325. The number of carbonyl (C=O) groups is 1. The summed E-state index contributed by atoms with van der Waals surface area (Å²) in [6, 6.07) is 25.9. The molecule has 2 atom stereocenters. The third-order valence-corrected chi connectivity index (χ3v) is 8.48. The van der Waals surface area contributed by atoms with Gasteiger partial charge in [0.1, 0.15) is 6.61 Å². The van der Waals surface area contributed by atoms with Crippen LogP contribution in [0.1, 0.15) is 63.5 Å². The zero-order chi connectivity index (χ0) is 38.1. The van der Waals surface area contributed by atoms with E-state index in [4.69, 9.17) is 18.8 Å². The Hall–Kier alpha value is -4.47. The van der Waals surface area contributed by atoms with Crippen molar-refractivity contribution in [2.45, 2.75) is 77.7 Å². The summed E-state index contributed by atoms with van der Waals surface area (Å²) in [5, 5.41) is 12.7. The molecule has 2 aromatic carbocycles. The van der Waals surface area contributed by atoms with Gasteiger partial charge >= 0.3 is 49.8 Å². The van der Waals surface area contributed by atoms with Crippen LogP contribution in [0.3, 0.4) is 0 Å². The van der Waals surface area contributed by atoms with Gasteiger partial charge in [0, 0.05) is 37.3 Å². The molecule has 0 N–H and O–H groups in total. The fourth-order valence-electron chi connectivity index (χ4n) is 5.94. The van der Waals surface area contributed by atoms with Crippen LogP contribution >= 0.6 is 0 Å². The molecule has 1 saturated heterocycles. The van der Waals surface area contributed by atoms with E-state index in [2.05, 4.69) is 67.4 Å². The Morgan fingerprint density at radius 2 is 1.26 bits per heavy atom. The van der Waals surface area contributed by atoms with Crippen molar-refractivity contribution in [1.82, 2.24) is 34.0 Å². The molecule has 0 saturated carbocycles. The maximum atomic E-state index is 13.3. The molecule has 12 nitrogen and oxygen atoms in total. The summed E-state index contributed by atoms with van der Waals surface area (Å²) in [6.07, 6.45) is 21.2. The van der Waals surface area contributed by atoms with Crippen LogP contribution in [-0.2, 0) is 53.1 Å². The molecule has 3 aromatic heterocycles. The van der Waals surface area contributed by atoms with Crippen LogP contribution in [0.5, 0.6) is 0 Å². The monoisotopic (exact) mass is 814 g/mol. The Kier molecular flexibility index (Phi) is 23.0. The number of likely N-dealkylation sites (tertiary alicyclic amines) is 1. The van der Waals surface area contributed by atoms with Crippen molar-refractivity contribution in [3.63, 3.8) is 0 Å². The molecule has 0 aliphatic carbocycles. The van der Waals surface area contributed by atoms with Gasteiger partial charge in [-0.05, 0) is 85.9 Å². The molecule has 0 unspecified atom stereocenters. The zero-order valence-electron chi connectivity index (χ0n) is 30.8. The maximum absolute atomic E-state index is 13.3. The topological polar surface area (TPSA) is 132 Å². The number of rotatable bonds is 15. The van der Waals surface area contributed by atoms with Gasteiger partial charge in [-0.25, -0.2) is 20.1 Å². The van der Waals surface area contributed by atoms with E-state index < -0.39 is 0 Å². The Bertz CT molecular complexity index is 1590. The van der Waals surface area contributed by atoms with Gasteiger partial charge in [-0.1, -0.05) is 93.8 Å². The normalized spacial score (nSPS) is 14.9. The smallest absolute Gasteiger partial charge is 0.425 e. The quantitative estimate of drug-likeness (QED) is 0.0481. The number of hydrogen-bond acceptors (Lipinski definition) is 6. The number of aromatic nitrogens is 6. The van der Waals surface area contributed by atoms with Crippen molar-refractivity contribution in [3.8, 4) is 0 Å². The average molecular weight is 813 g/mol. The van der Waals surface area contributed by atoms with Crippen molar-refractivity contribution in [3.05, 3.63) is 159 Å². The molecule has 54 heavy (non-hydrogen) atoms. The molecular weight excluding hydrogens is 765 g/mol. The Morgan fingerprint density at radius 1 is 0.741 bits per heavy atom. The first-order valence-corrected chi connectivity index (χ1v) is 17.6. The van der Waals surface area contributed by atoms with E-state index in [1.165, 1.54) is 24.3 Å². The second-order valence-electron chi connectivity index (χ2n) is 12.1. The minimum Gasteiger partial charge on any atom is -0.425 e. The van der Waals surface area contributed by atoms with Crippen LogP contribution in [-0.4, -0.2) is 65.9 Å². The number of carbonyl (C=O) groups excluding carboxylic acids is 1. The molecular formula is C40H47BMoN7O5+. The standard InChI is InChI=1S/C29H38NO3.C9H9BN6.2CO.Mo/c1-3-4-7-17-27-20-19-24(2)28(18-12-21-32-22-25-13-8-5-9-14-25)30(27)29(31)33-23-26-15-10-6-11-16-26;1-4-11-14(7-1)10(15-8-2-5-12-15)16-9-3-6-13-16;2*1-2;/h5-6,8-11,13-16,19-20,27-28H,3-4,7,12,17-18,21-23H2,1-2H3;1-9H;;;/q;-1;;;+2/t27-,28+;;;;/m1..../s1. The van der Waals surface area contributed by atoms with E-state index in [1.54, 1.807) is 32.4 Å². The fourth-order valence-corrected chi connectivity index (χ4v) is 5.94. The van der Waals surface area contributed by atoms with E-state index in [-0.39, 0.29) is 46.4 Å². The van der Waals surface area contributed by atoms with Gasteiger partial charge in [-0.2, -0.15) is 0 Å². The molecule has 1 fully saturated rings. The molecule has 1 amide bonds. The molecule has 14 heteroatoms. The zero-order valence-corrected chi connectivity index (χ0v) is 32.8. The van der Waals surface area contributed by atoms with Crippen LogP contribution < -0.4 is 0 Å². The van der Waals surface area contributed by atoms with Crippen LogP contribution in [0.15, 0.2) is 116 Å². The summed E-state index contributed by atoms with van der Waals surface area (Å²) in [5.41, 5.74) is 2.19. The summed E-state index contributed by atoms with van der Waals surface area (Å²) in [5.74, 6) is 1.21. The first-order chi connectivity index (χ1) is 26.1. The van der Waals surface area contributed by atoms with Crippen LogP contribution in [0.4, 0.5) is 4.79 Å². The van der Waals surface area contributed by atoms with Crippen LogP contribution in [0.25, 0.3) is 0 Å². The Balaban J connectivity index is 0.000000399. The first kappa shape index (κ1) is 45.7. The molecule has 4 radical (unpaired) electrons. The van der Waals surface area contributed by atoms with Crippen molar-refractivity contribution < 1.29 is 44.6 Å². The molecule has 4 heterocycles. The largest absolute Gasteiger partial charge is 2.00 e. The van der Waals surface area contributed by atoms with Crippen molar-refractivity contribution in [2.24, 2.45) is 0 Å². The van der Waals surface area contributed by atoms with Crippen LogP contribution in [0, 0.1) is 32.1 Å². The molecule has 6 rings (SSSR count). The Labute approximate surface area is 334 Å². The van der Waals surface area contributed by atoms with Crippen molar-refractivity contribution >= 4 is 13.2 Å². The van der Waals surface area contributed by atoms with Gasteiger partial charge in [0.15, 0.2) is 0 Å². The van der Waals surface area contributed by atoms with E-state index >= 15 is 0 Å². The summed E-state index contributed by atoms with van der Waals surface area (Å²) < 4.78 is 32.0. The summed E-state index contributed by atoms with van der Waals surface area (Å²) in [6.45, 7) is 14.9. The first-order valence-electron chi connectivity index (χ1n) is 17.6. The van der Waals surface area contributed by atoms with Crippen molar-refractivity contribution in [1.29, 1.82) is 0 Å². The molecule has 0 bridgehead atoms. The SMILES string of the molecule is CCCCC[C@@H]1[CH][CH][C](C)[C@H](CCCOCc2ccccc2)N1C(=O)OCc1ccccc1.[C-]#[O+].[C-]#[O+].[Mo+2].c1cnn([B-](n2cccn2)n2cccn2)c1. The Morgan fingerprint density at radius 3 is 1.74 bits per heavy atom. The number of piperidine rings is 1. The van der Waals surface area contributed by atoms with Gasteiger partial charge in [-0.15, -0.1) is 0 Å². The molecule has 1 aliphatic heterocycles. The minimum absolute atomic E-state index is 0. The minimum atomic E-state index is -0.223. The second kappa shape index (κ2) is 27.2. The van der Waals surface area contributed by atoms with E-state index in [1.807, 2.05) is 90.2 Å². The third kappa shape index (κ3) is 14.8. The van der Waals surface area contributed by atoms with Gasteiger partial charge in [0.05, 0.1) is 6.61 Å². The van der Waals surface area contributed by atoms with Gasteiger partial charge in [0.25, 0.3) is 7.12 Å². The molecule has 0 spiro atoms. The number of benzene rings is 2. The number of unbranched alkanes of at least 4 members (excludes halogenated alkanes) is 2. The van der Waals surface area contributed by atoms with E-state index in [9.17, 15) is 4.79 Å². The maximum Gasteiger partial charge on any atom is 2.00 e. The predicted octanol–water partition coefficient (Wildman–Crippen LogP) is 7.08. The number of nitrogens with zero attached hydrogens (tertiary/aromatic N) is 7. The number of hydrogen-bond donors (Lipinski definition) is 0. The van der Waals surface area contributed by atoms with E-state index in [0.29, 0.717) is 19.8 Å². The second-order valence-corrected chi connectivity index (χ2v) is 12.1. The van der Waals surface area contributed by atoms with Gasteiger partial charge in [-0.3, -0.25) is 0 Å².